The van der Waals surface area contributed by atoms with Crippen LogP contribution in [0.25, 0.3) is 10.9 Å². The van der Waals surface area contributed by atoms with E-state index in [4.69, 9.17) is 4.74 Å². The van der Waals surface area contributed by atoms with Crippen LogP contribution in [-0.4, -0.2) is 69.7 Å². The summed E-state index contributed by atoms with van der Waals surface area (Å²) < 4.78 is 5.47. The Morgan fingerprint density at radius 1 is 0.865 bits per heavy atom. The van der Waals surface area contributed by atoms with Crippen molar-refractivity contribution in [3.05, 3.63) is 94.6 Å². The maximum absolute atomic E-state index is 14.1. The summed E-state index contributed by atoms with van der Waals surface area (Å²) in [5.41, 5.74) is 4.50. The smallest absolute Gasteiger partial charge is 0.408 e. The molecule has 4 aromatic rings. The molecule has 4 amide bonds. The third kappa shape index (κ3) is 12.7. The quantitative estimate of drug-likeness (QED) is 0.0924. The van der Waals surface area contributed by atoms with Gasteiger partial charge in [0.1, 0.15) is 18.7 Å². The van der Waals surface area contributed by atoms with Crippen molar-refractivity contribution >= 4 is 46.1 Å². The fraction of sp³-hybridized carbons (Fsp3) is 0.436. The lowest BCUT2D eigenvalue weighted by Crippen LogP contribution is -2.57. The molecule has 2 unspecified atom stereocenters. The molecule has 0 saturated carbocycles. The zero-order chi connectivity index (χ0) is 37.5. The number of aliphatic hydroxyl groups excluding tert-OH is 1. The van der Waals surface area contributed by atoms with Crippen LogP contribution in [0.3, 0.4) is 0 Å². The minimum atomic E-state index is -1.16. The van der Waals surface area contributed by atoms with Crippen LogP contribution in [0.1, 0.15) is 63.8 Å². The predicted molar refractivity (Wildman–Crippen MR) is 201 cm³/mol. The summed E-state index contributed by atoms with van der Waals surface area (Å²) in [6, 6.07) is 15.4. The van der Waals surface area contributed by atoms with Crippen LogP contribution in [-0.2, 0) is 38.6 Å². The number of aromatic nitrogens is 2. The van der Waals surface area contributed by atoms with E-state index in [0.29, 0.717) is 24.6 Å². The van der Waals surface area contributed by atoms with Gasteiger partial charge in [-0.1, -0.05) is 82.6 Å². The molecule has 5 atom stereocenters. The molecule has 0 aliphatic carbocycles. The lowest BCUT2D eigenvalue weighted by atomic mass is 9.96. The van der Waals surface area contributed by atoms with Gasteiger partial charge in [-0.25, -0.2) is 9.78 Å². The summed E-state index contributed by atoms with van der Waals surface area (Å²) in [5.74, 6) is -1.09. The van der Waals surface area contributed by atoms with E-state index in [9.17, 15) is 24.3 Å². The zero-order valence-electron chi connectivity index (χ0n) is 30.2. The highest BCUT2D eigenvalue weighted by Gasteiger charge is 2.32. The van der Waals surface area contributed by atoms with E-state index in [2.05, 4.69) is 31.2 Å². The summed E-state index contributed by atoms with van der Waals surface area (Å²) in [5, 5.41) is 25.1. The van der Waals surface area contributed by atoms with Crippen LogP contribution < -0.4 is 21.3 Å². The molecule has 0 bridgehead atoms. The largest absolute Gasteiger partial charge is 0.445 e. The molecule has 0 aliphatic heterocycles. The van der Waals surface area contributed by atoms with E-state index in [1.165, 1.54) is 11.3 Å². The number of nitrogens with one attached hydrogen (secondary N) is 4. The van der Waals surface area contributed by atoms with Crippen molar-refractivity contribution in [3.63, 3.8) is 0 Å². The Morgan fingerprint density at radius 2 is 1.62 bits per heavy atom. The van der Waals surface area contributed by atoms with Crippen LogP contribution in [0.2, 0.25) is 0 Å². The van der Waals surface area contributed by atoms with Crippen molar-refractivity contribution in [2.75, 3.05) is 6.54 Å². The van der Waals surface area contributed by atoms with Gasteiger partial charge >= 0.3 is 6.09 Å². The number of alkyl carbamates (subject to hydrolysis) is 1. The molecule has 2 aromatic heterocycles. The van der Waals surface area contributed by atoms with Gasteiger partial charge in [0.25, 0.3) is 0 Å². The fourth-order valence-electron chi connectivity index (χ4n) is 5.65. The molecule has 0 fully saturated rings. The molecule has 0 radical (unpaired) electrons. The first-order chi connectivity index (χ1) is 25.0. The second-order valence-electron chi connectivity index (χ2n) is 13.5. The Hall–Kier alpha value is -4.88. The van der Waals surface area contributed by atoms with Crippen molar-refractivity contribution in [2.24, 2.45) is 11.8 Å². The van der Waals surface area contributed by atoms with Crippen LogP contribution in [0, 0.1) is 11.8 Å². The van der Waals surface area contributed by atoms with E-state index in [1.54, 1.807) is 23.2 Å². The first-order valence-corrected chi connectivity index (χ1v) is 18.7. The second kappa shape index (κ2) is 20.2. The van der Waals surface area contributed by atoms with Crippen molar-refractivity contribution in [2.45, 2.75) is 90.6 Å². The molecule has 0 aliphatic rings. The minimum Gasteiger partial charge on any atom is -0.445 e. The number of hydrogen-bond acceptors (Lipinski definition) is 9. The van der Waals surface area contributed by atoms with Gasteiger partial charge in [-0.05, 0) is 41.5 Å². The highest BCUT2D eigenvalue weighted by molar-refractivity contribution is 7.07. The summed E-state index contributed by atoms with van der Waals surface area (Å²) in [6.07, 6.45) is 0.988. The van der Waals surface area contributed by atoms with Crippen molar-refractivity contribution in [3.8, 4) is 0 Å². The van der Waals surface area contributed by atoms with Crippen LogP contribution in [0.4, 0.5) is 4.79 Å². The Kier molecular flexibility index (Phi) is 15.5. The SMILES string of the molecule is CCC(C)CNC(=O)C[C@H](O)[C@H](CC(C)C)NC(=O)C(Cc1cscn1)NC(=O)[C@H](Cc1cccc2ncccc12)NC(=O)OCc1ccccc1. The number of thiazole rings is 1. The minimum absolute atomic E-state index is 0.00325. The van der Waals surface area contributed by atoms with E-state index < -0.39 is 42.1 Å². The molecule has 2 heterocycles. The molecular formula is C39H50N6O6S. The zero-order valence-corrected chi connectivity index (χ0v) is 31.0. The highest BCUT2D eigenvalue weighted by atomic mass is 32.1. The average Bonchev–Trinajstić information content (AvgIpc) is 3.65. The number of ether oxygens (including phenoxy) is 1. The molecule has 0 saturated heterocycles. The molecule has 278 valence electrons. The molecule has 12 nitrogen and oxygen atoms in total. The molecule has 13 heteroatoms. The third-order valence-corrected chi connectivity index (χ3v) is 9.40. The third-order valence-electron chi connectivity index (χ3n) is 8.77. The number of rotatable bonds is 19. The number of benzene rings is 2. The Bertz CT molecular complexity index is 1730. The molecule has 5 N–H and O–H groups in total. The van der Waals surface area contributed by atoms with Crippen molar-refractivity contribution in [1.29, 1.82) is 0 Å². The van der Waals surface area contributed by atoms with Crippen LogP contribution in [0.15, 0.2) is 77.8 Å². The van der Waals surface area contributed by atoms with Gasteiger partial charge in [0.15, 0.2) is 0 Å². The number of fused-ring (bicyclic) bond motifs is 1. The molecule has 0 spiro atoms. The number of aliphatic hydroxyl groups is 1. The normalized spacial score (nSPS) is 14.1. The van der Waals surface area contributed by atoms with E-state index >= 15 is 0 Å². The van der Waals surface area contributed by atoms with Gasteiger partial charge in [-0.3, -0.25) is 19.4 Å². The summed E-state index contributed by atoms with van der Waals surface area (Å²) in [6.45, 7) is 8.48. The number of carbonyl (C=O) groups excluding carboxylic acids is 4. The predicted octanol–water partition coefficient (Wildman–Crippen LogP) is 4.70. The number of hydrogen-bond donors (Lipinski definition) is 5. The van der Waals surface area contributed by atoms with Crippen LogP contribution >= 0.6 is 11.3 Å². The number of amides is 4. The number of nitrogens with zero attached hydrogens (tertiary/aromatic N) is 2. The summed E-state index contributed by atoms with van der Waals surface area (Å²) in [7, 11) is 0. The molecular weight excluding hydrogens is 681 g/mol. The van der Waals surface area contributed by atoms with Gasteiger partial charge < -0.3 is 31.1 Å². The van der Waals surface area contributed by atoms with Crippen molar-refractivity contribution < 1.29 is 29.0 Å². The van der Waals surface area contributed by atoms with Gasteiger partial charge in [-0.15, -0.1) is 11.3 Å². The molecule has 4 rings (SSSR count). The number of carbonyl (C=O) groups is 4. The van der Waals surface area contributed by atoms with Gasteiger partial charge in [0.2, 0.25) is 17.7 Å². The van der Waals surface area contributed by atoms with Crippen molar-refractivity contribution in [1.82, 2.24) is 31.2 Å². The monoisotopic (exact) mass is 730 g/mol. The van der Waals surface area contributed by atoms with Crippen LogP contribution in [0.5, 0.6) is 0 Å². The Labute approximate surface area is 309 Å². The highest BCUT2D eigenvalue weighted by Crippen LogP contribution is 2.19. The number of pyridine rings is 1. The van der Waals surface area contributed by atoms with Gasteiger partial charge in [0.05, 0.1) is 35.3 Å². The summed E-state index contributed by atoms with van der Waals surface area (Å²) >= 11 is 1.36. The second-order valence-corrected chi connectivity index (χ2v) is 14.2. The first kappa shape index (κ1) is 39.9. The molecule has 2 aromatic carbocycles. The average molecular weight is 731 g/mol. The Balaban J connectivity index is 1.54. The van der Waals surface area contributed by atoms with Gasteiger partial charge in [-0.2, -0.15) is 0 Å². The van der Waals surface area contributed by atoms with Gasteiger partial charge in [0, 0.05) is 36.3 Å². The maximum atomic E-state index is 14.1. The fourth-order valence-corrected chi connectivity index (χ4v) is 6.22. The Morgan fingerprint density at radius 3 is 2.33 bits per heavy atom. The lowest BCUT2D eigenvalue weighted by molar-refractivity contribution is -0.131. The van der Waals surface area contributed by atoms with E-state index in [0.717, 1.165) is 28.5 Å². The standard InChI is InChI=1S/C39H50N6O6S/c1-5-26(4)21-41-36(47)20-35(46)32(17-25(2)3)43-38(49)34(19-29-23-52-24-42-29)44-37(48)33(45-39(50)51-22-27-11-7-6-8-12-27)18-28-13-9-15-31-30(28)14-10-16-40-31/h6-16,23-26,32-35,46H,5,17-22H2,1-4H3,(H,41,47)(H,43,49)(H,44,48)(H,45,50)/t26?,32-,33-,34?,35-/m0/s1. The maximum Gasteiger partial charge on any atom is 0.408 e. The summed E-state index contributed by atoms with van der Waals surface area (Å²) in [4.78, 5) is 62.6. The van der Waals surface area contributed by atoms with E-state index in [-0.39, 0.29) is 37.7 Å². The topological polar surface area (TPSA) is 172 Å². The first-order valence-electron chi connectivity index (χ1n) is 17.7. The lowest BCUT2D eigenvalue weighted by Gasteiger charge is -2.29. The van der Waals surface area contributed by atoms with E-state index in [1.807, 2.05) is 82.3 Å². The molecule has 52 heavy (non-hydrogen) atoms.